The number of carbonyl (C=O) groups excluding carboxylic acids is 1. The molecule has 1 aromatic carbocycles. The summed E-state index contributed by atoms with van der Waals surface area (Å²) in [6.45, 7) is 0. The molecule has 1 unspecified atom stereocenters. The van der Waals surface area contributed by atoms with Gasteiger partial charge in [0.1, 0.15) is 5.60 Å². The van der Waals surface area contributed by atoms with E-state index in [9.17, 15) is 13.2 Å². The molecule has 0 radical (unpaired) electrons. The number of ketones is 1. The Hall–Kier alpha value is -0.910. The van der Waals surface area contributed by atoms with Gasteiger partial charge in [-0.25, -0.2) is 0 Å². The van der Waals surface area contributed by atoms with Crippen LogP contribution in [0, 0.1) is 0 Å². The van der Waals surface area contributed by atoms with Gasteiger partial charge in [0.15, 0.2) is 11.0 Å². The fraction of sp³-hybridized carbons (Fsp3) is 0.462. The zero-order valence-electron chi connectivity index (χ0n) is 10.1. The maximum absolute atomic E-state index is 12.5. The summed E-state index contributed by atoms with van der Waals surface area (Å²) in [7, 11) is -3.89. The molecule has 102 valence electrons. The lowest BCUT2D eigenvalue weighted by molar-refractivity contribution is -0.129. The molecule has 1 aliphatic carbocycles. The molecular weight excluding hydrogens is 288 g/mol. The Kier molecular flexibility index (Phi) is 2.96. The van der Waals surface area contributed by atoms with Gasteiger partial charge in [-0.2, -0.15) is 8.42 Å². The van der Waals surface area contributed by atoms with Crippen LogP contribution in [0.2, 0.25) is 5.02 Å². The third-order valence-electron chi connectivity index (χ3n) is 3.84. The van der Waals surface area contributed by atoms with Crippen LogP contribution in [0.5, 0.6) is 0 Å². The molecule has 1 atom stereocenters. The highest BCUT2D eigenvalue weighted by molar-refractivity contribution is 7.88. The number of Topliss-reactive ketones (excluding diaryl/α,β-unsaturated/α-hetero) is 1. The van der Waals surface area contributed by atoms with Crippen molar-refractivity contribution in [3.05, 3.63) is 34.9 Å². The Morgan fingerprint density at radius 2 is 1.74 bits per heavy atom. The van der Waals surface area contributed by atoms with E-state index >= 15 is 0 Å². The fourth-order valence-corrected chi connectivity index (χ4v) is 4.80. The highest BCUT2D eigenvalue weighted by Crippen LogP contribution is 2.48. The Balaban J connectivity index is 2.05. The molecular formula is C13H13ClO4S. The molecule has 0 bridgehead atoms. The normalized spacial score (nSPS) is 28.1. The molecule has 1 saturated heterocycles. The van der Waals surface area contributed by atoms with Crippen molar-refractivity contribution in [1.82, 2.24) is 0 Å². The lowest BCUT2D eigenvalue weighted by Gasteiger charge is -2.17. The largest absolute Gasteiger partial charge is 0.294 e. The average Bonchev–Trinajstić information content (AvgIpc) is 2.87. The van der Waals surface area contributed by atoms with Crippen molar-refractivity contribution in [2.24, 2.45) is 0 Å². The van der Waals surface area contributed by atoms with Crippen LogP contribution in [0.25, 0.3) is 0 Å². The van der Waals surface area contributed by atoms with Crippen molar-refractivity contribution < 1.29 is 17.4 Å². The molecule has 3 rings (SSSR count). The monoisotopic (exact) mass is 300 g/mol. The van der Waals surface area contributed by atoms with Gasteiger partial charge in [0.25, 0.3) is 10.1 Å². The molecule has 1 saturated carbocycles. The van der Waals surface area contributed by atoms with Gasteiger partial charge in [-0.1, -0.05) is 23.7 Å². The summed E-state index contributed by atoms with van der Waals surface area (Å²) in [5, 5.41) is -0.703. The van der Waals surface area contributed by atoms with Crippen molar-refractivity contribution in [3.8, 4) is 0 Å². The number of hydrogen-bond acceptors (Lipinski definition) is 4. The van der Waals surface area contributed by atoms with Crippen LogP contribution in [0.15, 0.2) is 24.3 Å². The molecule has 0 amide bonds. The molecule has 2 aliphatic rings. The summed E-state index contributed by atoms with van der Waals surface area (Å²) in [5.74, 6) is -0.327. The summed E-state index contributed by atoms with van der Waals surface area (Å²) < 4.78 is 29.5. The number of hydrogen-bond donors (Lipinski definition) is 0. The molecule has 1 spiro atoms. The maximum atomic E-state index is 12.5. The predicted octanol–water partition coefficient (Wildman–Crippen LogP) is 2.62. The SMILES string of the molecule is O=C1C(c2ccc(Cl)cc2)S(=O)(=O)OC12CCCC2. The van der Waals surface area contributed by atoms with E-state index in [4.69, 9.17) is 15.8 Å². The molecule has 0 aromatic heterocycles. The van der Waals surface area contributed by atoms with E-state index in [1.54, 1.807) is 24.3 Å². The van der Waals surface area contributed by atoms with Gasteiger partial charge in [0, 0.05) is 5.02 Å². The van der Waals surface area contributed by atoms with E-state index in [1.807, 2.05) is 0 Å². The van der Waals surface area contributed by atoms with Crippen molar-refractivity contribution in [3.63, 3.8) is 0 Å². The molecule has 6 heteroatoms. The van der Waals surface area contributed by atoms with E-state index in [0.717, 1.165) is 12.8 Å². The maximum Gasteiger partial charge on any atom is 0.282 e. The second-order valence-corrected chi connectivity index (χ2v) is 7.13. The first kappa shape index (κ1) is 13.1. The topological polar surface area (TPSA) is 60.4 Å². The Labute approximate surface area is 116 Å². The Bertz CT molecular complexity index is 615. The first-order valence-corrected chi connectivity index (χ1v) is 8.04. The second-order valence-electron chi connectivity index (χ2n) is 5.07. The number of halogens is 1. The summed E-state index contributed by atoms with van der Waals surface area (Å²) in [4.78, 5) is 12.5. The number of carbonyl (C=O) groups is 1. The van der Waals surface area contributed by atoms with Gasteiger partial charge in [-0.15, -0.1) is 0 Å². The highest BCUT2D eigenvalue weighted by atomic mass is 35.5. The van der Waals surface area contributed by atoms with E-state index in [0.29, 0.717) is 23.4 Å². The summed E-state index contributed by atoms with van der Waals surface area (Å²) in [5.41, 5.74) is -0.679. The van der Waals surface area contributed by atoms with Gasteiger partial charge in [-0.05, 0) is 43.4 Å². The minimum Gasteiger partial charge on any atom is -0.294 e. The highest BCUT2D eigenvalue weighted by Gasteiger charge is 2.59. The van der Waals surface area contributed by atoms with Crippen LogP contribution in [0.4, 0.5) is 0 Å². The van der Waals surface area contributed by atoms with Crippen LogP contribution in [-0.2, 0) is 19.1 Å². The Morgan fingerprint density at radius 1 is 1.16 bits per heavy atom. The fourth-order valence-electron chi connectivity index (χ4n) is 2.91. The lowest BCUT2D eigenvalue weighted by atomic mass is 9.92. The lowest BCUT2D eigenvalue weighted by Crippen LogP contribution is -2.33. The second kappa shape index (κ2) is 4.30. The van der Waals surface area contributed by atoms with Crippen molar-refractivity contribution in [1.29, 1.82) is 0 Å². The Morgan fingerprint density at radius 3 is 2.32 bits per heavy atom. The molecule has 4 nitrogen and oxygen atoms in total. The summed E-state index contributed by atoms with van der Waals surface area (Å²) in [6.07, 6.45) is 2.65. The van der Waals surface area contributed by atoms with E-state index in [1.165, 1.54) is 0 Å². The van der Waals surface area contributed by atoms with Gasteiger partial charge >= 0.3 is 0 Å². The van der Waals surface area contributed by atoms with Crippen molar-refractivity contribution in [2.75, 3.05) is 0 Å². The van der Waals surface area contributed by atoms with Crippen LogP contribution >= 0.6 is 11.6 Å². The van der Waals surface area contributed by atoms with Crippen molar-refractivity contribution in [2.45, 2.75) is 36.5 Å². The van der Waals surface area contributed by atoms with E-state index < -0.39 is 21.0 Å². The quantitative estimate of drug-likeness (QED) is 0.748. The molecule has 1 aliphatic heterocycles. The van der Waals surface area contributed by atoms with Crippen LogP contribution < -0.4 is 0 Å². The summed E-state index contributed by atoms with van der Waals surface area (Å²) >= 11 is 5.78. The minimum atomic E-state index is -3.89. The minimum absolute atomic E-state index is 0.327. The van der Waals surface area contributed by atoms with Gasteiger partial charge < -0.3 is 0 Å². The van der Waals surface area contributed by atoms with Crippen LogP contribution in [0.1, 0.15) is 36.5 Å². The van der Waals surface area contributed by atoms with E-state index in [-0.39, 0.29) is 5.78 Å². The summed E-state index contributed by atoms with van der Waals surface area (Å²) in [6, 6.07) is 6.30. The van der Waals surface area contributed by atoms with Crippen LogP contribution in [-0.4, -0.2) is 19.8 Å². The van der Waals surface area contributed by atoms with Gasteiger partial charge in [0.05, 0.1) is 0 Å². The van der Waals surface area contributed by atoms with E-state index in [2.05, 4.69) is 0 Å². The smallest absolute Gasteiger partial charge is 0.282 e. The zero-order valence-corrected chi connectivity index (χ0v) is 11.7. The molecule has 1 aromatic rings. The van der Waals surface area contributed by atoms with Gasteiger partial charge in [-0.3, -0.25) is 8.98 Å². The number of benzene rings is 1. The molecule has 2 fully saturated rings. The van der Waals surface area contributed by atoms with Crippen LogP contribution in [0.3, 0.4) is 0 Å². The first-order valence-electron chi connectivity index (χ1n) is 6.19. The first-order chi connectivity index (χ1) is 8.95. The standard InChI is InChI=1S/C13H13ClO4S/c14-10-5-3-9(4-6-10)11-12(15)13(7-1-2-8-13)18-19(11,16)17/h3-6,11H,1-2,7-8H2. The third kappa shape index (κ3) is 2.00. The molecule has 0 N–H and O–H groups in total. The molecule has 19 heavy (non-hydrogen) atoms. The number of rotatable bonds is 1. The molecule has 1 heterocycles. The van der Waals surface area contributed by atoms with Gasteiger partial charge in [0.2, 0.25) is 0 Å². The third-order valence-corrected chi connectivity index (χ3v) is 5.70. The zero-order chi connectivity index (χ0) is 13.7. The van der Waals surface area contributed by atoms with Crippen molar-refractivity contribution >= 4 is 27.5 Å². The average molecular weight is 301 g/mol. The predicted molar refractivity (Wildman–Crippen MR) is 70.4 cm³/mol.